The van der Waals surface area contributed by atoms with Gasteiger partial charge in [0.15, 0.2) is 0 Å². The first-order valence-corrected chi connectivity index (χ1v) is 9.53. The van der Waals surface area contributed by atoms with E-state index in [9.17, 15) is 9.59 Å². The van der Waals surface area contributed by atoms with Gasteiger partial charge in [0.05, 0.1) is 46.3 Å². The maximum Gasteiger partial charge on any atom is 0.337 e. The molecule has 0 unspecified atom stereocenters. The van der Waals surface area contributed by atoms with E-state index >= 15 is 0 Å². The molecular weight excluding hydrogens is 413 g/mol. The number of methoxy groups -OCH3 is 1. The van der Waals surface area contributed by atoms with Gasteiger partial charge in [0.25, 0.3) is 5.91 Å². The van der Waals surface area contributed by atoms with Crippen molar-refractivity contribution in [1.82, 2.24) is 9.78 Å². The smallest absolute Gasteiger partial charge is 0.337 e. The van der Waals surface area contributed by atoms with E-state index in [1.165, 1.54) is 7.11 Å². The summed E-state index contributed by atoms with van der Waals surface area (Å²) < 4.78 is 6.46. The minimum atomic E-state index is -0.452. The Balaban J connectivity index is 1.78. The normalized spacial score (nSPS) is 10.7. The van der Waals surface area contributed by atoms with E-state index in [1.54, 1.807) is 41.1 Å². The quantitative estimate of drug-likeness (QED) is 0.583. The van der Waals surface area contributed by atoms with Gasteiger partial charge >= 0.3 is 5.97 Å². The number of benzene rings is 2. The fourth-order valence-electron chi connectivity index (χ4n) is 2.90. The van der Waals surface area contributed by atoms with E-state index in [4.69, 9.17) is 23.2 Å². The van der Waals surface area contributed by atoms with Crippen molar-refractivity contribution >= 4 is 40.8 Å². The van der Waals surface area contributed by atoms with Crippen molar-refractivity contribution in [3.05, 3.63) is 80.6 Å². The number of nitrogens with one attached hydrogen (secondary N) is 1. The van der Waals surface area contributed by atoms with Crippen LogP contribution >= 0.6 is 23.2 Å². The van der Waals surface area contributed by atoms with Crippen molar-refractivity contribution in [2.24, 2.45) is 0 Å². The molecule has 0 atom stereocenters. The van der Waals surface area contributed by atoms with Gasteiger partial charge in [-0.1, -0.05) is 29.3 Å². The predicted molar refractivity (Wildman–Crippen MR) is 113 cm³/mol. The Morgan fingerprint density at radius 2 is 1.69 bits per heavy atom. The molecule has 3 rings (SSSR count). The Morgan fingerprint density at radius 1 is 1.03 bits per heavy atom. The molecular formula is C21H19Cl2N3O3. The van der Waals surface area contributed by atoms with E-state index < -0.39 is 5.97 Å². The lowest BCUT2D eigenvalue weighted by Gasteiger charge is -2.08. The second-order valence-electron chi connectivity index (χ2n) is 6.47. The molecule has 29 heavy (non-hydrogen) atoms. The highest BCUT2D eigenvalue weighted by Crippen LogP contribution is 2.25. The van der Waals surface area contributed by atoms with Crippen molar-refractivity contribution in [2.45, 2.75) is 20.4 Å². The number of ether oxygens (including phenoxy) is 1. The van der Waals surface area contributed by atoms with E-state index in [1.807, 2.05) is 19.9 Å². The first kappa shape index (κ1) is 20.9. The molecule has 150 valence electrons. The minimum absolute atomic E-state index is 0.290. The second kappa shape index (κ2) is 8.68. The SMILES string of the molecule is COC(=O)c1ccc(C(=O)Nc2c(C)nn(Cc3ccc(Cl)c(Cl)c3)c2C)cc1. The summed E-state index contributed by atoms with van der Waals surface area (Å²) in [6.07, 6.45) is 0. The molecule has 0 fully saturated rings. The van der Waals surface area contributed by atoms with Crippen molar-refractivity contribution in [1.29, 1.82) is 0 Å². The van der Waals surface area contributed by atoms with Crippen LogP contribution in [0.1, 0.15) is 37.7 Å². The van der Waals surface area contributed by atoms with Crippen LogP contribution in [-0.4, -0.2) is 28.8 Å². The van der Waals surface area contributed by atoms with E-state index in [2.05, 4.69) is 15.2 Å². The van der Waals surface area contributed by atoms with Gasteiger partial charge in [-0.05, 0) is 55.8 Å². The zero-order valence-electron chi connectivity index (χ0n) is 16.1. The molecule has 1 N–H and O–H groups in total. The highest BCUT2D eigenvalue weighted by atomic mass is 35.5. The Kier molecular flexibility index (Phi) is 6.25. The average Bonchev–Trinajstić information content (AvgIpc) is 2.97. The van der Waals surface area contributed by atoms with Gasteiger partial charge < -0.3 is 10.1 Å². The number of carbonyl (C=O) groups is 2. The number of halogens is 2. The molecule has 0 radical (unpaired) electrons. The molecule has 0 aliphatic carbocycles. The Hall–Kier alpha value is -2.83. The fraction of sp³-hybridized carbons (Fsp3) is 0.190. The largest absolute Gasteiger partial charge is 0.465 e. The Labute approximate surface area is 178 Å². The summed E-state index contributed by atoms with van der Waals surface area (Å²) in [7, 11) is 1.31. The van der Waals surface area contributed by atoms with E-state index in [-0.39, 0.29) is 5.91 Å². The summed E-state index contributed by atoms with van der Waals surface area (Å²) in [6.45, 7) is 4.20. The fourth-order valence-corrected chi connectivity index (χ4v) is 3.22. The number of amides is 1. The summed E-state index contributed by atoms with van der Waals surface area (Å²) in [5.41, 5.74) is 3.91. The molecule has 0 aliphatic heterocycles. The van der Waals surface area contributed by atoms with Crippen molar-refractivity contribution < 1.29 is 14.3 Å². The highest BCUT2D eigenvalue weighted by molar-refractivity contribution is 6.42. The summed E-state index contributed by atoms with van der Waals surface area (Å²) in [6, 6.07) is 11.7. The lowest BCUT2D eigenvalue weighted by molar-refractivity contribution is 0.0600. The summed E-state index contributed by atoms with van der Waals surface area (Å²) in [4.78, 5) is 24.1. The number of nitrogens with zero attached hydrogens (tertiary/aromatic N) is 2. The van der Waals surface area contributed by atoms with Crippen LogP contribution in [0.3, 0.4) is 0 Å². The number of esters is 1. The lowest BCUT2D eigenvalue weighted by Crippen LogP contribution is -2.14. The standard InChI is InChI=1S/C21H19Cl2N3O3/c1-12-19(24-20(27)15-5-7-16(8-6-15)21(28)29-3)13(2)26(25-12)11-14-4-9-17(22)18(23)10-14/h4-10H,11H2,1-3H3,(H,24,27). The number of hydrogen-bond donors (Lipinski definition) is 1. The third-order valence-corrected chi connectivity index (χ3v) is 5.24. The van der Waals surface area contributed by atoms with Crippen LogP contribution in [0, 0.1) is 13.8 Å². The third-order valence-electron chi connectivity index (χ3n) is 4.50. The van der Waals surface area contributed by atoms with Crippen molar-refractivity contribution in [3.8, 4) is 0 Å². The van der Waals surface area contributed by atoms with Crippen LogP contribution in [0.2, 0.25) is 10.0 Å². The van der Waals surface area contributed by atoms with Crippen LogP contribution < -0.4 is 5.32 Å². The molecule has 1 heterocycles. The zero-order valence-corrected chi connectivity index (χ0v) is 17.6. The number of aryl methyl sites for hydroxylation is 1. The lowest BCUT2D eigenvalue weighted by atomic mass is 10.1. The van der Waals surface area contributed by atoms with E-state index in [0.29, 0.717) is 39.1 Å². The second-order valence-corrected chi connectivity index (χ2v) is 7.29. The molecule has 3 aromatic rings. The van der Waals surface area contributed by atoms with Gasteiger partial charge in [-0.15, -0.1) is 0 Å². The van der Waals surface area contributed by atoms with Crippen molar-refractivity contribution in [3.63, 3.8) is 0 Å². The molecule has 0 saturated carbocycles. The van der Waals surface area contributed by atoms with Gasteiger partial charge in [0.2, 0.25) is 0 Å². The molecule has 0 saturated heterocycles. The number of rotatable bonds is 5. The van der Waals surface area contributed by atoms with Crippen LogP contribution in [0.4, 0.5) is 5.69 Å². The molecule has 6 nitrogen and oxygen atoms in total. The van der Waals surface area contributed by atoms with Crippen LogP contribution in [0.5, 0.6) is 0 Å². The Bertz CT molecular complexity index is 1080. The number of anilines is 1. The first-order valence-electron chi connectivity index (χ1n) is 8.77. The molecule has 1 aromatic heterocycles. The molecule has 0 aliphatic rings. The minimum Gasteiger partial charge on any atom is -0.465 e. The topological polar surface area (TPSA) is 73.2 Å². The van der Waals surface area contributed by atoms with Gasteiger partial charge in [-0.25, -0.2) is 4.79 Å². The first-order chi connectivity index (χ1) is 13.8. The van der Waals surface area contributed by atoms with Crippen LogP contribution in [0.15, 0.2) is 42.5 Å². The highest BCUT2D eigenvalue weighted by Gasteiger charge is 2.16. The maximum absolute atomic E-state index is 12.6. The van der Waals surface area contributed by atoms with Crippen LogP contribution in [0.25, 0.3) is 0 Å². The summed E-state index contributed by atoms with van der Waals surface area (Å²) >= 11 is 12.1. The van der Waals surface area contributed by atoms with Crippen LogP contribution in [-0.2, 0) is 11.3 Å². The summed E-state index contributed by atoms with van der Waals surface area (Å²) in [5, 5.41) is 8.39. The van der Waals surface area contributed by atoms with Gasteiger partial charge in [-0.3, -0.25) is 9.48 Å². The predicted octanol–water partition coefficient (Wildman–Crippen LogP) is 4.89. The van der Waals surface area contributed by atoms with Gasteiger partial charge in [0, 0.05) is 5.56 Å². The number of aromatic nitrogens is 2. The summed E-state index contributed by atoms with van der Waals surface area (Å²) in [5.74, 6) is -0.742. The molecule has 0 spiro atoms. The van der Waals surface area contributed by atoms with Gasteiger partial charge in [-0.2, -0.15) is 5.10 Å². The molecule has 1 amide bonds. The molecule has 0 bridgehead atoms. The Morgan fingerprint density at radius 3 is 2.31 bits per heavy atom. The molecule has 8 heteroatoms. The number of hydrogen-bond acceptors (Lipinski definition) is 4. The zero-order chi connectivity index (χ0) is 21.1. The third kappa shape index (κ3) is 4.60. The number of carbonyl (C=O) groups excluding carboxylic acids is 2. The molecule has 2 aromatic carbocycles. The van der Waals surface area contributed by atoms with Crippen molar-refractivity contribution in [2.75, 3.05) is 12.4 Å². The van der Waals surface area contributed by atoms with Gasteiger partial charge in [0.1, 0.15) is 0 Å². The monoisotopic (exact) mass is 431 g/mol. The van der Waals surface area contributed by atoms with E-state index in [0.717, 1.165) is 11.3 Å². The average molecular weight is 432 g/mol. The maximum atomic E-state index is 12.6.